The number of hydrogen-bond donors (Lipinski definition) is 3. The highest BCUT2D eigenvalue weighted by Crippen LogP contribution is 2.36. The Morgan fingerprint density at radius 3 is 3.00 bits per heavy atom. The summed E-state index contributed by atoms with van der Waals surface area (Å²) in [5, 5.41) is 26.4. The minimum atomic E-state index is -0.606. The number of morpholine rings is 1. The van der Waals surface area contributed by atoms with Crippen LogP contribution in [0.1, 0.15) is 12.5 Å². The zero-order valence-electron chi connectivity index (χ0n) is 15.1. The zero-order valence-corrected chi connectivity index (χ0v) is 15.1. The molecule has 2 saturated heterocycles. The summed E-state index contributed by atoms with van der Waals surface area (Å²) in [5.41, 5.74) is 6.30. The molecule has 2 aromatic rings. The number of anilines is 1. The molecule has 2 aliphatic rings. The third kappa shape index (κ3) is 2.74. The Balaban J connectivity index is 1.92. The van der Waals surface area contributed by atoms with E-state index in [1.54, 1.807) is 6.20 Å². The average molecular weight is 366 g/mol. The lowest BCUT2D eigenvalue weighted by atomic mass is 9.76. The van der Waals surface area contributed by atoms with Gasteiger partial charge in [-0.1, -0.05) is 0 Å². The molecule has 27 heavy (non-hydrogen) atoms. The third-order valence-corrected chi connectivity index (χ3v) is 5.26. The molecular formula is C18H22N8O. The smallest absolute Gasteiger partial charge is 0.167 e. The lowest BCUT2D eigenvalue weighted by molar-refractivity contribution is 0.0985. The topological polar surface area (TPSA) is 129 Å². The van der Waals surface area contributed by atoms with Crippen molar-refractivity contribution in [3.05, 3.63) is 30.1 Å². The van der Waals surface area contributed by atoms with E-state index in [9.17, 15) is 5.26 Å². The van der Waals surface area contributed by atoms with Gasteiger partial charge in [-0.3, -0.25) is 5.41 Å². The van der Waals surface area contributed by atoms with Crippen LogP contribution >= 0.6 is 0 Å². The van der Waals surface area contributed by atoms with Gasteiger partial charge in [-0.05, 0) is 30.8 Å². The number of nitriles is 1. The number of fused-ring (bicyclic) bond motifs is 1. The van der Waals surface area contributed by atoms with Crippen LogP contribution < -0.4 is 16.0 Å². The quantitative estimate of drug-likeness (QED) is 0.527. The number of nitrogens with two attached hydrogens (primary N) is 1. The van der Waals surface area contributed by atoms with Crippen LogP contribution in [0.2, 0.25) is 0 Å². The number of aromatic nitrogens is 3. The fourth-order valence-corrected chi connectivity index (χ4v) is 3.64. The Labute approximate surface area is 156 Å². The second-order valence-corrected chi connectivity index (χ2v) is 6.98. The molecule has 140 valence electrons. The SMILES string of the molecule is C[C@@H]1COCCN1c1cc(C2(C#N)CNC2)c2cnn(C(=N)/C=C\N)c2n1. The van der Waals surface area contributed by atoms with Gasteiger partial charge in [0.2, 0.25) is 0 Å². The number of allylic oxidation sites excluding steroid dienone is 1. The molecule has 2 aromatic heterocycles. The molecule has 0 aromatic carbocycles. The maximum atomic E-state index is 9.86. The van der Waals surface area contributed by atoms with Gasteiger partial charge in [-0.2, -0.15) is 15.0 Å². The fourth-order valence-electron chi connectivity index (χ4n) is 3.64. The van der Waals surface area contributed by atoms with Gasteiger partial charge in [0.05, 0.1) is 31.5 Å². The van der Waals surface area contributed by atoms with Crippen molar-refractivity contribution in [2.24, 2.45) is 5.73 Å². The second-order valence-electron chi connectivity index (χ2n) is 6.98. The molecule has 0 bridgehead atoms. The van der Waals surface area contributed by atoms with Gasteiger partial charge in [0.1, 0.15) is 17.1 Å². The molecule has 4 rings (SSSR count). The number of ether oxygens (including phenoxy) is 1. The number of nitrogens with zero attached hydrogens (tertiary/aromatic N) is 5. The van der Waals surface area contributed by atoms with Crippen LogP contribution in [0.3, 0.4) is 0 Å². The van der Waals surface area contributed by atoms with Crippen molar-refractivity contribution < 1.29 is 4.74 Å². The second kappa shape index (κ2) is 6.64. The van der Waals surface area contributed by atoms with Crippen molar-refractivity contribution in [3.8, 4) is 6.07 Å². The van der Waals surface area contributed by atoms with Gasteiger partial charge in [-0.15, -0.1) is 0 Å². The molecule has 9 nitrogen and oxygen atoms in total. The summed E-state index contributed by atoms with van der Waals surface area (Å²) >= 11 is 0. The van der Waals surface area contributed by atoms with E-state index in [4.69, 9.17) is 20.9 Å². The number of pyridine rings is 1. The Kier molecular flexibility index (Phi) is 4.30. The first-order chi connectivity index (χ1) is 13.1. The zero-order chi connectivity index (χ0) is 19.0. The van der Waals surface area contributed by atoms with E-state index in [1.165, 1.54) is 17.0 Å². The predicted molar refractivity (Wildman–Crippen MR) is 102 cm³/mol. The molecule has 2 fully saturated rings. The third-order valence-electron chi connectivity index (χ3n) is 5.26. The van der Waals surface area contributed by atoms with Crippen LogP contribution in [-0.2, 0) is 10.2 Å². The van der Waals surface area contributed by atoms with Crippen LogP contribution in [0.15, 0.2) is 24.5 Å². The van der Waals surface area contributed by atoms with Crippen molar-refractivity contribution in [2.75, 3.05) is 37.7 Å². The molecule has 0 spiro atoms. The predicted octanol–water partition coefficient (Wildman–Crippen LogP) is 0.319. The van der Waals surface area contributed by atoms with E-state index in [-0.39, 0.29) is 11.9 Å². The first kappa shape index (κ1) is 17.5. The molecule has 4 heterocycles. The highest BCUT2D eigenvalue weighted by atomic mass is 16.5. The van der Waals surface area contributed by atoms with Crippen LogP contribution in [0.5, 0.6) is 0 Å². The molecule has 0 saturated carbocycles. The summed E-state index contributed by atoms with van der Waals surface area (Å²) in [7, 11) is 0. The van der Waals surface area contributed by atoms with E-state index < -0.39 is 5.41 Å². The van der Waals surface area contributed by atoms with E-state index in [0.717, 1.165) is 23.3 Å². The lowest BCUT2D eigenvalue weighted by Crippen LogP contribution is -2.56. The van der Waals surface area contributed by atoms with Gasteiger partial charge in [0.15, 0.2) is 5.65 Å². The highest BCUT2D eigenvalue weighted by Gasteiger charge is 2.41. The maximum absolute atomic E-state index is 9.86. The van der Waals surface area contributed by atoms with Crippen LogP contribution in [0, 0.1) is 16.7 Å². The summed E-state index contributed by atoms with van der Waals surface area (Å²) in [6.45, 7) is 5.26. The van der Waals surface area contributed by atoms with E-state index in [0.29, 0.717) is 32.0 Å². The van der Waals surface area contributed by atoms with Crippen molar-refractivity contribution in [1.82, 2.24) is 20.1 Å². The van der Waals surface area contributed by atoms with Crippen molar-refractivity contribution >= 4 is 22.7 Å². The Hall–Kier alpha value is -2.96. The van der Waals surface area contributed by atoms with Crippen molar-refractivity contribution in [1.29, 1.82) is 10.7 Å². The number of hydrogen-bond acceptors (Lipinski definition) is 8. The Bertz CT molecular complexity index is 952. The molecular weight excluding hydrogens is 344 g/mol. The molecule has 1 atom stereocenters. The molecule has 0 radical (unpaired) electrons. The maximum Gasteiger partial charge on any atom is 0.167 e. The highest BCUT2D eigenvalue weighted by molar-refractivity contribution is 5.98. The molecule has 2 aliphatic heterocycles. The first-order valence-corrected chi connectivity index (χ1v) is 8.92. The van der Waals surface area contributed by atoms with Crippen molar-refractivity contribution in [3.63, 3.8) is 0 Å². The van der Waals surface area contributed by atoms with Crippen LogP contribution in [0.25, 0.3) is 11.0 Å². The summed E-state index contributed by atoms with van der Waals surface area (Å²) in [5.74, 6) is 0.900. The first-order valence-electron chi connectivity index (χ1n) is 8.92. The summed E-state index contributed by atoms with van der Waals surface area (Å²) in [4.78, 5) is 6.99. The Morgan fingerprint density at radius 1 is 1.56 bits per heavy atom. The Morgan fingerprint density at radius 2 is 2.37 bits per heavy atom. The average Bonchev–Trinajstić information content (AvgIpc) is 3.06. The lowest BCUT2D eigenvalue weighted by Gasteiger charge is -2.39. The number of rotatable bonds is 3. The summed E-state index contributed by atoms with van der Waals surface area (Å²) in [6, 6.07) is 4.65. The van der Waals surface area contributed by atoms with Crippen molar-refractivity contribution in [2.45, 2.75) is 18.4 Å². The molecule has 0 amide bonds. The van der Waals surface area contributed by atoms with E-state index in [1.807, 2.05) is 6.07 Å². The van der Waals surface area contributed by atoms with Crippen LogP contribution in [-0.4, -0.2) is 59.5 Å². The van der Waals surface area contributed by atoms with E-state index >= 15 is 0 Å². The largest absolute Gasteiger partial charge is 0.404 e. The van der Waals surface area contributed by atoms with Gasteiger partial charge in [0.25, 0.3) is 0 Å². The minimum Gasteiger partial charge on any atom is -0.404 e. The molecule has 0 aliphatic carbocycles. The minimum absolute atomic E-state index is 0.121. The standard InChI is InChI=1S/C18H22N8O/c1-12-8-27-5-4-25(12)16-6-14(18(9-20)10-22-11-18)13-7-23-26(17(13)24-16)15(21)2-3-19/h2-3,6-7,12,21-22H,4-5,8,10-11,19H2,1H3/b3-2-,21-15?/t12-/m1/s1. The summed E-state index contributed by atoms with van der Waals surface area (Å²) in [6.07, 6.45) is 4.45. The van der Waals surface area contributed by atoms with Gasteiger partial charge < -0.3 is 20.7 Å². The molecule has 4 N–H and O–H groups in total. The van der Waals surface area contributed by atoms with Gasteiger partial charge in [-0.25, -0.2) is 4.98 Å². The fraction of sp³-hybridized carbons (Fsp3) is 0.444. The molecule has 0 unspecified atom stereocenters. The van der Waals surface area contributed by atoms with E-state index in [2.05, 4.69) is 28.3 Å². The normalized spacial score (nSPS) is 21.9. The number of nitrogens with one attached hydrogen (secondary N) is 2. The van der Waals surface area contributed by atoms with Crippen LogP contribution in [0.4, 0.5) is 5.82 Å². The van der Waals surface area contributed by atoms with Gasteiger partial charge >= 0.3 is 0 Å². The monoisotopic (exact) mass is 366 g/mol. The summed E-state index contributed by atoms with van der Waals surface area (Å²) < 4.78 is 7.00. The van der Waals surface area contributed by atoms with Gasteiger partial charge in [0, 0.05) is 25.0 Å². The molecule has 9 heteroatoms.